The molecule has 1 aromatic carbocycles. The van der Waals surface area contributed by atoms with Crippen LogP contribution in [-0.2, 0) is 13.6 Å². The van der Waals surface area contributed by atoms with E-state index in [9.17, 15) is 4.79 Å². The highest BCUT2D eigenvalue weighted by Crippen LogP contribution is 2.20. The van der Waals surface area contributed by atoms with E-state index in [0.29, 0.717) is 15.9 Å². The van der Waals surface area contributed by atoms with Gasteiger partial charge in [-0.3, -0.25) is 10.00 Å². The third-order valence-electron chi connectivity index (χ3n) is 2.65. The Balaban J connectivity index is 1.93. The summed E-state index contributed by atoms with van der Waals surface area (Å²) in [5.41, 5.74) is 0.736. The molecule has 0 unspecified atom stereocenters. The van der Waals surface area contributed by atoms with Gasteiger partial charge in [0.05, 0.1) is 0 Å². The number of benzene rings is 1. The lowest BCUT2D eigenvalue weighted by Gasteiger charge is -2.07. The number of nitrogens with zero attached hydrogens (tertiary/aromatic N) is 3. The van der Waals surface area contributed by atoms with E-state index in [2.05, 4.69) is 20.7 Å². The molecule has 1 aromatic heterocycles. The van der Waals surface area contributed by atoms with E-state index >= 15 is 0 Å². The number of carbonyl (C=O) groups excluding carboxylic acids is 1. The minimum Gasteiger partial charge on any atom is -0.334 e. The lowest BCUT2D eigenvalue weighted by molar-refractivity contribution is 0.251. The van der Waals surface area contributed by atoms with Crippen LogP contribution in [0.25, 0.3) is 0 Å². The minimum absolute atomic E-state index is 0.250. The van der Waals surface area contributed by atoms with Crippen molar-refractivity contribution in [2.24, 2.45) is 7.05 Å². The van der Waals surface area contributed by atoms with Gasteiger partial charge in [-0.05, 0) is 30.7 Å². The second-order valence-corrected chi connectivity index (χ2v) is 4.99. The minimum atomic E-state index is -0.411. The van der Waals surface area contributed by atoms with Crippen LogP contribution >= 0.6 is 23.2 Å². The van der Waals surface area contributed by atoms with Crippen LogP contribution in [0, 0.1) is 6.92 Å². The molecule has 0 radical (unpaired) electrons. The average molecular weight is 314 g/mol. The molecule has 0 aliphatic rings. The molecule has 0 saturated heterocycles. The fourth-order valence-electron chi connectivity index (χ4n) is 1.52. The lowest BCUT2D eigenvalue weighted by Crippen LogP contribution is -2.28. The van der Waals surface area contributed by atoms with Gasteiger partial charge in [-0.25, -0.2) is 4.79 Å². The maximum atomic E-state index is 11.7. The Morgan fingerprint density at radius 1 is 1.40 bits per heavy atom. The van der Waals surface area contributed by atoms with E-state index in [1.54, 1.807) is 36.9 Å². The summed E-state index contributed by atoms with van der Waals surface area (Å²) in [6.45, 7) is 2.05. The monoisotopic (exact) mass is 313 g/mol. The second-order valence-electron chi connectivity index (χ2n) is 4.15. The average Bonchev–Trinajstić information content (AvgIpc) is 2.69. The Morgan fingerprint density at radius 2 is 2.15 bits per heavy atom. The lowest BCUT2D eigenvalue weighted by atomic mass is 10.2. The Labute approximate surface area is 126 Å². The smallest absolute Gasteiger partial charge is 0.321 e. The van der Waals surface area contributed by atoms with Crippen molar-refractivity contribution in [1.82, 2.24) is 20.1 Å². The van der Waals surface area contributed by atoms with E-state index in [0.717, 1.165) is 5.56 Å². The van der Waals surface area contributed by atoms with Crippen molar-refractivity contribution in [2.45, 2.75) is 13.5 Å². The molecule has 0 aliphatic heterocycles. The van der Waals surface area contributed by atoms with Crippen molar-refractivity contribution in [2.75, 3.05) is 5.32 Å². The predicted molar refractivity (Wildman–Crippen MR) is 78.1 cm³/mol. The molecule has 8 heteroatoms. The molecular weight excluding hydrogens is 301 g/mol. The first kappa shape index (κ1) is 14.6. The van der Waals surface area contributed by atoms with Gasteiger partial charge in [-0.15, -0.1) is 5.10 Å². The Kier molecular flexibility index (Phi) is 4.46. The first-order valence-electron chi connectivity index (χ1n) is 5.82. The van der Waals surface area contributed by atoms with Gasteiger partial charge < -0.3 is 5.32 Å². The molecule has 0 saturated carbocycles. The number of aromatic nitrogens is 3. The molecule has 6 nitrogen and oxygen atoms in total. The number of nitrogens with one attached hydrogen (secondary N) is 2. The molecule has 2 aromatic rings. The topological polar surface area (TPSA) is 71.8 Å². The van der Waals surface area contributed by atoms with Crippen molar-refractivity contribution >= 4 is 35.2 Å². The summed E-state index contributed by atoms with van der Waals surface area (Å²) in [5, 5.41) is 10.3. The maximum absolute atomic E-state index is 11.7. The fourth-order valence-corrected chi connectivity index (χ4v) is 1.89. The summed E-state index contributed by atoms with van der Waals surface area (Å²) in [6, 6.07) is 4.66. The molecule has 20 heavy (non-hydrogen) atoms. The quantitative estimate of drug-likeness (QED) is 0.915. The molecule has 2 N–H and O–H groups in total. The molecule has 0 atom stereocenters. The highest BCUT2D eigenvalue weighted by atomic mass is 35.5. The fraction of sp³-hybridized carbons (Fsp3) is 0.250. The second kappa shape index (κ2) is 6.11. The Bertz CT molecular complexity index is 621. The standard InChI is InChI=1S/C12H13Cl2N5O/c1-7-16-11(18-19(7)2)17-12(20)15-6-8-5-9(13)3-4-10(8)14/h3-5H,6H2,1-2H3,(H2,15,17,18,20). The van der Waals surface area contributed by atoms with Gasteiger partial charge in [0, 0.05) is 23.6 Å². The summed E-state index contributed by atoms with van der Waals surface area (Å²) in [5.74, 6) is 0.956. The molecule has 0 fully saturated rings. The number of hydrogen-bond donors (Lipinski definition) is 2. The number of anilines is 1. The summed E-state index contributed by atoms with van der Waals surface area (Å²) < 4.78 is 1.57. The zero-order valence-electron chi connectivity index (χ0n) is 10.9. The van der Waals surface area contributed by atoms with E-state index in [1.807, 2.05) is 0 Å². The van der Waals surface area contributed by atoms with Gasteiger partial charge in [-0.2, -0.15) is 4.98 Å². The van der Waals surface area contributed by atoms with Gasteiger partial charge in [0.2, 0.25) is 5.95 Å². The van der Waals surface area contributed by atoms with E-state index in [-0.39, 0.29) is 12.5 Å². The largest absolute Gasteiger partial charge is 0.334 e. The third kappa shape index (κ3) is 3.61. The van der Waals surface area contributed by atoms with Gasteiger partial charge in [0.1, 0.15) is 5.82 Å². The number of amides is 2. The summed E-state index contributed by atoms with van der Waals surface area (Å²) in [7, 11) is 1.75. The first-order valence-corrected chi connectivity index (χ1v) is 6.57. The molecule has 2 amide bonds. The third-order valence-corrected chi connectivity index (χ3v) is 3.26. The van der Waals surface area contributed by atoms with Crippen molar-refractivity contribution in [3.63, 3.8) is 0 Å². The summed E-state index contributed by atoms with van der Waals surface area (Å²) >= 11 is 11.9. The van der Waals surface area contributed by atoms with E-state index in [1.165, 1.54) is 0 Å². The van der Waals surface area contributed by atoms with Gasteiger partial charge in [0.15, 0.2) is 0 Å². The molecule has 106 valence electrons. The van der Waals surface area contributed by atoms with Crippen LogP contribution in [0.5, 0.6) is 0 Å². The summed E-state index contributed by atoms with van der Waals surface area (Å²) in [6.07, 6.45) is 0. The van der Waals surface area contributed by atoms with Crippen molar-refractivity contribution in [3.8, 4) is 0 Å². The van der Waals surface area contributed by atoms with Crippen LogP contribution in [0.15, 0.2) is 18.2 Å². The molecule has 0 bridgehead atoms. The van der Waals surface area contributed by atoms with Crippen molar-refractivity contribution < 1.29 is 4.79 Å². The van der Waals surface area contributed by atoms with Gasteiger partial charge in [0.25, 0.3) is 0 Å². The van der Waals surface area contributed by atoms with E-state index in [4.69, 9.17) is 23.2 Å². The zero-order chi connectivity index (χ0) is 14.7. The van der Waals surface area contributed by atoms with Crippen LogP contribution in [0.1, 0.15) is 11.4 Å². The Morgan fingerprint density at radius 3 is 2.80 bits per heavy atom. The van der Waals surface area contributed by atoms with Crippen LogP contribution < -0.4 is 10.6 Å². The number of hydrogen-bond acceptors (Lipinski definition) is 3. The Hall–Kier alpha value is -1.79. The van der Waals surface area contributed by atoms with Crippen LogP contribution in [0.2, 0.25) is 10.0 Å². The van der Waals surface area contributed by atoms with Crippen molar-refractivity contribution in [1.29, 1.82) is 0 Å². The van der Waals surface area contributed by atoms with Crippen LogP contribution in [-0.4, -0.2) is 20.8 Å². The number of rotatable bonds is 3. The van der Waals surface area contributed by atoms with Gasteiger partial charge >= 0.3 is 6.03 Å². The van der Waals surface area contributed by atoms with Gasteiger partial charge in [-0.1, -0.05) is 23.2 Å². The normalized spacial score (nSPS) is 10.4. The number of halogens is 2. The summed E-state index contributed by atoms with van der Waals surface area (Å²) in [4.78, 5) is 15.8. The molecular formula is C12H13Cl2N5O. The highest BCUT2D eigenvalue weighted by molar-refractivity contribution is 6.33. The SMILES string of the molecule is Cc1nc(NC(=O)NCc2cc(Cl)ccc2Cl)nn1C. The van der Waals surface area contributed by atoms with E-state index < -0.39 is 6.03 Å². The molecule has 0 aliphatic carbocycles. The number of urea groups is 1. The first-order chi connectivity index (χ1) is 9.45. The molecule has 0 spiro atoms. The van der Waals surface area contributed by atoms with Crippen LogP contribution in [0.3, 0.4) is 0 Å². The highest BCUT2D eigenvalue weighted by Gasteiger charge is 2.08. The molecule has 2 rings (SSSR count). The van der Waals surface area contributed by atoms with Crippen LogP contribution in [0.4, 0.5) is 10.7 Å². The van der Waals surface area contributed by atoms with Crippen molar-refractivity contribution in [3.05, 3.63) is 39.6 Å². The maximum Gasteiger partial charge on any atom is 0.321 e. The zero-order valence-corrected chi connectivity index (χ0v) is 12.5. The number of carbonyl (C=O) groups is 1. The number of aryl methyl sites for hydroxylation is 2. The molecule has 1 heterocycles. The predicted octanol–water partition coefficient (Wildman–Crippen LogP) is 2.75.